The molecular weight excluding hydrogens is 302 g/mol. The molecule has 2 heterocycles. The van der Waals surface area contributed by atoms with Crippen LogP contribution in [0.2, 0.25) is 0 Å². The number of nitrogens with zero attached hydrogens (tertiary/aromatic N) is 4. The fourth-order valence-corrected chi connectivity index (χ4v) is 3.32. The summed E-state index contributed by atoms with van der Waals surface area (Å²) in [5.74, 6) is 1.50. The highest BCUT2D eigenvalue weighted by atomic mass is 16.5. The molecule has 2 aromatic heterocycles. The first-order chi connectivity index (χ1) is 11.8. The summed E-state index contributed by atoms with van der Waals surface area (Å²) in [4.78, 5) is 13.5. The molecule has 0 aliphatic heterocycles. The van der Waals surface area contributed by atoms with Gasteiger partial charge in [0.2, 0.25) is 5.95 Å². The molecule has 0 unspecified atom stereocenters. The highest BCUT2D eigenvalue weighted by molar-refractivity contribution is 5.76. The Morgan fingerprint density at radius 1 is 1.08 bits per heavy atom. The lowest BCUT2D eigenvalue weighted by Gasteiger charge is -2.28. The number of hydrogen-bond acceptors (Lipinski definition) is 5. The molecule has 0 spiro atoms. The summed E-state index contributed by atoms with van der Waals surface area (Å²) >= 11 is 0. The maximum absolute atomic E-state index is 5.43. The summed E-state index contributed by atoms with van der Waals surface area (Å²) in [6.07, 6.45) is 8.33. The van der Waals surface area contributed by atoms with Gasteiger partial charge in [-0.15, -0.1) is 0 Å². The second kappa shape index (κ2) is 6.57. The standard InChI is InChI=1S/C18H21N5O/c1-24-14-8-6-13(7-9-14)21-18-19-11-10-17(22-18)23-12-20-15-4-2-3-5-16(15)23/h2-5,10-14H,6-9H2,1H3,(H,19,21,22). The van der Waals surface area contributed by atoms with Crippen LogP contribution >= 0.6 is 0 Å². The molecule has 3 aromatic rings. The Morgan fingerprint density at radius 2 is 1.92 bits per heavy atom. The van der Waals surface area contributed by atoms with Crippen LogP contribution in [0.5, 0.6) is 0 Å². The maximum atomic E-state index is 5.43. The summed E-state index contributed by atoms with van der Waals surface area (Å²) in [7, 11) is 1.79. The molecule has 1 saturated carbocycles. The predicted octanol–water partition coefficient (Wildman–Crippen LogP) is 3.19. The summed E-state index contributed by atoms with van der Waals surface area (Å²) in [5, 5.41) is 3.46. The number of nitrogens with one attached hydrogen (secondary N) is 1. The molecule has 24 heavy (non-hydrogen) atoms. The summed E-state index contributed by atoms with van der Waals surface area (Å²) in [5.41, 5.74) is 2.01. The van der Waals surface area contributed by atoms with Crippen LogP contribution < -0.4 is 5.32 Å². The minimum absolute atomic E-state index is 0.396. The summed E-state index contributed by atoms with van der Waals surface area (Å²) < 4.78 is 7.42. The van der Waals surface area contributed by atoms with Crippen LogP contribution in [0.4, 0.5) is 5.95 Å². The van der Waals surface area contributed by atoms with Crippen LogP contribution in [-0.2, 0) is 4.74 Å². The second-order valence-electron chi connectivity index (χ2n) is 6.20. The van der Waals surface area contributed by atoms with Gasteiger partial charge in [0, 0.05) is 19.3 Å². The van der Waals surface area contributed by atoms with Crippen LogP contribution in [0, 0.1) is 0 Å². The van der Waals surface area contributed by atoms with Crippen molar-refractivity contribution in [3.8, 4) is 5.82 Å². The molecule has 1 aromatic carbocycles. The molecule has 1 aliphatic carbocycles. The fraction of sp³-hybridized carbons (Fsp3) is 0.389. The van der Waals surface area contributed by atoms with E-state index in [0.29, 0.717) is 18.1 Å². The van der Waals surface area contributed by atoms with E-state index in [9.17, 15) is 0 Å². The van der Waals surface area contributed by atoms with Gasteiger partial charge in [0.25, 0.3) is 0 Å². The number of methoxy groups -OCH3 is 1. The van der Waals surface area contributed by atoms with Crippen LogP contribution in [0.15, 0.2) is 42.9 Å². The van der Waals surface area contributed by atoms with E-state index in [0.717, 1.165) is 42.5 Å². The van der Waals surface area contributed by atoms with E-state index in [1.165, 1.54) is 0 Å². The number of rotatable bonds is 4. The minimum Gasteiger partial charge on any atom is -0.381 e. The van der Waals surface area contributed by atoms with Crippen molar-refractivity contribution in [3.05, 3.63) is 42.9 Å². The SMILES string of the molecule is COC1CCC(Nc2nccc(-n3cnc4ccccc43)n2)CC1. The van der Waals surface area contributed by atoms with Crippen molar-refractivity contribution in [2.24, 2.45) is 0 Å². The number of hydrogen-bond donors (Lipinski definition) is 1. The zero-order valence-corrected chi connectivity index (χ0v) is 13.7. The van der Waals surface area contributed by atoms with Crippen molar-refractivity contribution >= 4 is 17.0 Å². The number of ether oxygens (including phenoxy) is 1. The average Bonchev–Trinajstić information content (AvgIpc) is 3.07. The van der Waals surface area contributed by atoms with E-state index in [2.05, 4.69) is 20.3 Å². The molecule has 0 bridgehead atoms. The molecule has 0 amide bonds. The van der Waals surface area contributed by atoms with E-state index in [1.807, 2.05) is 34.9 Å². The molecule has 1 aliphatic rings. The quantitative estimate of drug-likeness (QED) is 0.799. The normalized spacial score (nSPS) is 21.0. The Bertz CT molecular complexity index is 823. The van der Waals surface area contributed by atoms with Crippen LogP contribution in [-0.4, -0.2) is 38.8 Å². The third kappa shape index (κ3) is 2.97. The van der Waals surface area contributed by atoms with Crippen molar-refractivity contribution < 1.29 is 4.74 Å². The monoisotopic (exact) mass is 323 g/mol. The molecule has 0 atom stereocenters. The van der Waals surface area contributed by atoms with Crippen molar-refractivity contribution in [2.45, 2.75) is 37.8 Å². The first-order valence-corrected chi connectivity index (χ1v) is 8.38. The fourth-order valence-electron chi connectivity index (χ4n) is 3.32. The smallest absolute Gasteiger partial charge is 0.224 e. The zero-order chi connectivity index (χ0) is 16.4. The predicted molar refractivity (Wildman–Crippen MR) is 93.3 cm³/mol. The first kappa shape index (κ1) is 15.1. The largest absolute Gasteiger partial charge is 0.381 e. The number of fused-ring (bicyclic) bond motifs is 1. The Morgan fingerprint density at radius 3 is 2.75 bits per heavy atom. The van der Waals surface area contributed by atoms with E-state index in [4.69, 9.17) is 4.74 Å². The Labute approximate surface area is 140 Å². The molecule has 0 saturated heterocycles. The number of benzene rings is 1. The van der Waals surface area contributed by atoms with Gasteiger partial charge in [-0.25, -0.2) is 9.97 Å². The molecule has 6 nitrogen and oxygen atoms in total. The number of anilines is 1. The van der Waals surface area contributed by atoms with Crippen LogP contribution in [0.25, 0.3) is 16.9 Å². The van der Waals surface area contributed by atoms with E-state index >= 15 is 0 Å². The Hall–Kier alpha value is -2.47. The zero-order valence-electron chi connectivity index (χ0n) is 13.7. The van der Waals surface area contributed by atoms with Gasteiger partial charge in [0.05, 0.1) is 17.1 Å². The van der Waals surface area contributed by atoms with E-state index in [-0.39, 0.29) is 0 Å². The third-order valence-electron chi connectivity index (χ3n) is 4.68. The lowest BCUT2D eigenvalue weighted by Crippen LogP contribution is -2.29. The third-order valence-corrected chi connectivity index (χ3v) is 4.68. The number of para-hydroxylation sites is 2. The van der Waals surface area contributed by atoms with Crippen molar-refractivity contribution in [2.75, 3.05) is 12.4 Å². The second-order valence-corrected chi connectivity index (χ2v) is 6.20. The molecule has 1 fully saturated rings. The molecule has 124 valence electrons. The van der Waals surface area contributed by atoms with Gasteiger partial charge in [-0.3, -0.25) is 4.57 Å². The Balaban J connectivity index is 1.54. The molecule has 6 heteroatoms. The maximum Gasteiger partial charge on any atom is 0.224 e. The van der Waals surface area contributed by atoms with Crippen molar-refractivity contribution in [1.29, 1.82) is 0 Å². The summed E-state index contributed by atoms with van der Waals surface area (Å²) in [6, 6.07) is 10.4. The highest BCUT2D eigenvalue weighted by Crippen LogP contribution is 2.23. The van der Waals surface area contributed by atoms with E-state index < -0.39 is 0 Å². The lowest BCUT2D eigenvalue weighted by molar-refractivity contribution is 0.0681. The van der Waals surface area contributed by atoms with Gasteiger partial charge in [-0.05, 0) is 43.9 Å². The first-order valence-electron chi connectivity index (χ1n) is 8.38. The van der Waals surface area contributed by atoms with Gasteiger partial charge in [-0.2, -0.15) is 4.98 Å². The molecular formula is C18H21N5O. The van der Waals surface area contributed by atoms with E-state index in [1.54, 1.807) is 19.6 Å². The van der Waals surface area contributed by atoms with Crippen molar-refractivity contribution in [3.63, 3.8) is 0 Å². The van der Waals surface area contributed by atoms with Gasteiger partial charge in [-0.1, -0.05) is 12.1 Å². The van der Waals surface area contributed by atoms with Crippen molar-refractivity contribution in [1.82, 2.24) is 19.5 Å². The molecule has 4 rings (SSSR count). The van der Waals surface area contributed by atoms with Gasteiger partial charge in [0.15, 0.2) is 0 Å². The Kier molecular flexibility index (Phi) is 4.13. The molecule has 0 radical (unpaired) electrons. The topological polar surface area (TPSA) is 64.9 Å². The van der Waals surface area contributed by atoms with Gasteiger partial charge < -0.3 is 10.1 Å². The van der Waals surface area contributed by atoms with Gasteiger partial charge in [0.1, 0.15) is 12.1 Å². The highest BCUT2D eigenvalue weighted by Gasteiger charge is 2.21. The summed E-state index contributed by atoms with van der Waals surface area (Å²) in [6.45, 7) is 0. The minimum atomic E-state index is 0.396. The number of imidazole rings is 1. The average molecular weight is 323 g/mol. The van der Waals surface area contributed by atoms with Gasteiger partial charge >= 0.3 is 0 Å². The van der Waals surface area contributed by atoms with Crippen LogP contribution in [0.3, 0.4) is 0 Å². The van der Waals surface area contributed by atoms with Crippen LogP contribution in [0.1, 0.15) is 25.7 Å². The number of aromatic nitrogens is 4. The lowest BCUT2D eigenvalue weighted by atomic mass is 9.93. The molecule has 1 N–H and O–H groups in total.